The Morgan fingerprint density at radius 3 is 2.65 bits per heavy atom. The zero-order valence-corrected chi connectivity index (χ0v) is 19.4. The van der Waals surface area contributed by atoms with E-state index >= 15 is 0 Å². The molecule has 34 heavy (non-hydrogen) atoms. The van der Waals surface area contributed by atoms with Crippen molar-refractivity contribution >= 4 is 44.0 Å². The number of benzene rings is 2. The third-order valence-corrected chi connectivity index (χ3v) is 6.66. The number of methoxy groups -OCH3 is 1. The zero-order valence-electron chi connectivity index (χ0n) is 18.5. The van der Waals surface area contributed by atoms with Crippen molar-refractivity contribution in [2.24, 2.45) is 0 Å². The molecule has 1 N–H and O–H groups in total. The molecule has 1 saturated heterocycles. The zero-order chi connectivity index (χ0) is 23.5. The van der Waals surface area contributed by atoms with E-state index in [4.69, 9.17) is 4.74 Å². The van der Waals surface area contributed by atoms with E-state index in [9.17, 15) is 10.1 Å². The van der Waals surface area contributed by atoms with E-state index in [1.165, 1.54) is 23.2 Å². The molecular formula is C23H23N7O3S. The molecule has 0 atom stereocenters. The highest BCUT2D eigenvalue weighted by Gasteiger charge is 2.29. The molecule has 0 aliphatic carbocycles. The van der Waals surface area contributed by atoms with E-state index in [2.05, 4.69) is 37.3 Å². The number of aromatic nitrogens is 3. The average Bonchev–Trinajstić information content (AvgIpc) is 3.26. The van der Waals surface area contributed by atoms with Crippen LogP contribution in [0.4, 0.5) is 22.5 Å². The molecule has 1 aliphatic rings. The topological polar surface area (TPSA) is 110 Å². The van der Waals surface area contributed by atoms with Crippen molar-refractivity contribution in [2.45, 2.75) is 6.54 Å². The minimum atomic E-state index is -0.426. The molecule has 0 amide bonds. The lowest BCUT2D eigenvalue weighted by Gasteiger charge is -2.35. The fraction of sp³-hybridized carbons (Fsp3) is 0.261. The molecule has 1 fully saturated rings. The average molecular weight is 478 g/mol. The number of nitrogens with zero attached hydrogens (tertiary/aromatic N) is 6. The summed E-state index contributed by atoms with van der Waals surface area (Å²) >= 11 is 1.38. The number of rotatable bonds is 7. The van der Waals surface area contributed by atoms with Gasteiger partial charge in [0, 0.05) is 32.7 Å². The molecule has 0 saturated carbocycles. The third kappa shape index (κ3) is 4.61. The SMILES string of the molecule is COc1ccc2nc(Nc3ncnc(N4CCN(Cc5ccccc5)CC4)c3[N+](=O)[O-])sc2c1. The van der Waals surface area contributed by atoms with Crippen LogP contribution in [0.25, 0.3) is 10.2 Å². The van der Waals surface area contributed by atoms with E-state index in [-0.39, 0.29) is 11.5 Å². The number of nitro groups is 1. The lowest BCUT2D eigenvalue weighted by Crippen LogP contribution is -2.46. The molecule has 10 nitrogen and oxygen atoms in total. The first-order valence-electron chi connectivity index (χ1n) is 10.8. The predicted molar refractivity (Wildman–Crippen MR) is 132 cm³/mol. The lowest BCUT2D eigenvalue weighted by molar-refractivity contribution is -0.383. The maximum absolute atomic E-state index is 12.1. The van der Waals surface area contributed by atoms with Crippen LogP contribution < -0.4 is 15.0 Å². The quantitative estimate of drug-likeness (QED) is 0.311. The Balaban J connectivity index is 1.35. The number of hydrogen-bond acceptors (Lipinski definition) is 10. The van der Waals surface area contributed by atoms with Crippen LogP contribution >= 0.6 is 11.3 Å². The van der Waals surface area contributed by atoms with Gasteiger partial charge in [0.05, 0.1) is 22.2 Å². The molecule has 0 spiro atoms. The van der Waals surface area contributed by atoms with Gasteiger partial charge in [0.1, 0.15) is 12.1 Å². The number of anilines is 3. The van der Waals surface area contributed by atoms with E-state index in [0.29, 0.717) is 24.0 Å². The Hall–Kier alpha value is -3.83. The van der Waals surface area contributed by atoms with Crippen molar-refractivity contribution in [1.82, 2.24) is 19.9 Å². The van der Waals surface area contributed by atoms with Crippen molar-refractivity contribution < 1.29 is 9.66 Å². The highest BCUT2D eigenvalue weighted by atomic mass is 32.1. The number of nitrogens with one attached hydrogen (secondary N) is 1. The van der Waals surface area contributed by atoms with Gasteiger partial charge in [-0.1, -0.05) is 41.7 Å². The summed E-state index contributed by atoms with van der Waals surface area (Å²) in [5, 5.41) is 15.6. The minimum absolute atomic E-state index is 0.132. The lowest BCUT2D eigenvalue weighted by atomic mass is 10.2. The molecule has 5 rings (SSSR count). The van der Waals surface area contributed by atoms with Gasteiger partial charge < -0.3 is 15.0 Å². The Labute approximate surface area is 200 Å². The van der Waals surface area contributed by atoms with Gasteiger partial charge in [0.15, 0.2) is 5.13 Å². The van der Waals surface area contributed by atoms with Crippen molar-refractivity contribution in [3.63, 3.8) is 0 Å². The molecule has 1 aliphatic heterocycles. The van der Waals surface area contributed by atoms with Gasteiger partial charge in [-0.25, -0.2) is 15.0 Å². The number of ether oxygens (including phenoxy) is 1. The van der Waals surface area contributed by atoms with Crippen molar-refractivity contribution in [3.05, 3.63) is 70.5 Å². The van der Waals surface area contributed by atoms with Crippen LogP contribution in [0.3, 0.4) is 0 Å². The van der Waals surface area contributed by atoms with Crippen LogP contribution in [0, 0.1) is 10.1 Å². The summed E-state index contributed by atoms with van der Waals surface area (Å²) in [5.74, 6) is 1.18. The monoisotopic (exact) mass is 477 g/mol. The minimum Gasteiger partial charge on any atom is -0.497 e. The number of fused-ring (bicyclic) bond motifs is 1. The Morgan fingerprint density at radius 1 is 1.12 bits per heavy atom. The Morgan fingerprint density at radius 2 is 1.91 bits per heavy atom. The number of piperazine rings is 1. The van der Waals surface area contributed by atoms with E-state index < -0.39 is 4.92 Å². The van der Waals surface area contributed by atoms with Gasteiger partial charge in [0.25, 0.3) is 0 Å². The molecule has 11 heteroatoms. The van der Waals surface area contributed by atoms with Crippen LogP contribution in [0.15, 0.2) is 54.9 Å². The van der Waals surface area contributed by atoms with Crippen molar-refractivity contribution in [2.75, 3.05) is 43.5 Å². The molecule has 2 aromatic heterocycles. The van der Waals surface area contributed by atoms with Gasteiger partial charge >= 0.3 is 5.69 Å². The highest BCUT2D eigenvalue weighted by molar-refractivity contribution is 7.22. The van der Waals surface area contributed by atoms with Crippen LogP contribution in [0.1, 0.15) is 5.56 Å². The van der Waals surface area contributed by atoms with Crippen LogP contribution in [-0.2, 0) is 6.54 Å². The maximum Gasteiger partial charge on any atom is 0.353 e. The molecule has 3 heterocycles. The standard InChI is InChI=1S/C23H23N7O3S/c1-33-17-7-8-18-19(13-17)34-23(26-18)27-21-20(30(31)32)22(25-15-24-21)29-11-9-28(10-12-29)14-16-5-3-2-4-6-16/h2-8,13,15H,9-12,14H2,1H3,(H,24,25,26,27). The Kier molecular flexibility index (Phi) is 6.19. The predicted octanol–water partition coefficient (Wildman–Crippen LogP) is 4.07. The number of thiazole rings is 1. The molecule has 4 aromatic rings. The van der Waals surface area contributed by atoms with Crippen molar-refractivity contribution in [1.29, 1.82) is 0 Å². The maximum atomic E-state index is 12.1. The molecule has 174 valence electrons. The smallest absolute Gasteiger partial charge is 0.353 e. The summed E-state index contributed by atoms with van der Waals surface area (Å²) in [6.45, 7) is 3.73. The third-order valence-electron chi connectivity index (χ3n) is 5.73. The summed E-state index contributed by atoms with van der Waals surface area (Å²) < 4.78 is 6.17. The van der Waals surface area contributed by atoms with Gasteiger partial charge in [-0.05, 0) is 23.8 Å². The fourth-order valence-electron chi connectivity index (χ4n) is 4.01. The molecule has 0 unspecified atom stereocenters. The van der Waals surface area contributed by atoms with Gasteiger partial charge in [0.2, 0.25) is 11.6 Å². The second-order valence-electron chi connectivity index (χ2n) is 7.88. The normalized spacial score (nSPS) is 14.3. The molecule has 0 radical (unpaired) electrons. The summed E-state index contributed by atoms with van der Waals surface area (Å²) in [6.07, 6.45) is 1.36. The van der Waals surface area contributed by atoms with Crippen LogP contribution in [0.5, 0.6) is 5.75 Å². The first-order chi connectivity index (χ1) is 16.6. The summed E-state index contributed by atoms with van der Waals surface area (Å²) in [5.41, 5.74) is 1.89. The first kappa shape index (κ1) is 22.0. The molecule has 0 bridgehead atoms. The van der Waals surface area contributed by atoms with E-state index in [1.54, 1.807) is 7.11 Å². The largest absolute Gasteiger partial charge is 0.497 e. The molecule has 2 aromatic carbocycles. The van der Waals surface area contributed by atoms with Crippen LogP contribution in [-0.4, -0.2) is 58.1 Å². The van der Waals surface area contributed by atoms with E-state index in [1.807, 2.05) is 41.3 Å². The summed E-state index contributed by atoms with van der Waals surface area (Å²) in [7, 11) is 1.61. The van der Waals surface area contributed by atoms with Gasteiger partial charge in [-0.3, -0.25) is 15.0 Å². The van der Waals surface area contributed by atoms with Gasteiger partial charge in [-0.2, -0.15) is 0 Å². The van der Waals surface area contributed by atoms with Crippen LogP contribution in [0.2, 0.25) is 0 Å². The molecular weight excluding hydrogens is 454 g/mol. The Bertz CT molecular complexity index is 1310. The highest BCUT2D eigenvalue weighted by Crippen LogP contribution is 2.36. The summed E-state index contributed by atoms with van der Waals surface area (Å²) in [4.78, 5) is 28.9. The van der Waals surface area contributed by atoms with Gasteiger partial charge in [-0.15, -0.1) is 0 Å². The second-order valence-corrected chi connectivity index (χ2v) is 8.91. The van der Waals surface area contributed by atoms with Crippen molar-refractivity contribution in [3.8, 4) is 5.75 Å². The summed E-state index contributed by atoms with van der Waals surface area (Å²) in [6, 6.07) is 15.9. The second kappa shape index (κ2) is 9.57. The fourth-order valence-corrected chi connectivity index (χ4v) is 4.90. The number of hydrogen-bond donors (Lipinski definition) is 1. The first-order valence-corrected chi connectivity index (χ1v) is 11.6. The van der Waals surface area contributed by atoms with E-state index in [0.717, 1.165) is 35.6 Å².